The van der Waals surface area contributed by atoms with Crippen LogP contribution >= 0.6 is 23.2 Å². The van der Waals surface area contributed by atoms with Crippen LogP contribution in [0.2, 0.25) is 10.0 Å². The maximum Gasteiger partial charge on any atom is 0.387 e. The van der Waals surface area contributed by atoms with Crippen LogP contribution in [0.3, 0.4) is 0 Å². The SMILES string of the molecule is O=C(COC(=O)c1c2c(nc3ccccc13)/C(=C/c1ccc(Cl)c(Cl)c1)CC2)c1ccc(OC(F)F)cc1. The zero-order valence-electron chi connectivity index (χ0n) is 19.7. The first-order valence-electron chi connectivity index (χ1n) is 11.6. The van der Waals surface area contributed by atoms with Gasteiger partial charge in [-0.25, -0.2) is 9.78 Å². The number of nitrogens with zero attached hydrogens (tertiary/aromatic N) is 1. The molecule has 0 bridgehead atoms. The summed E-state index contributed by atoms with van der Waals surface area (Å²) in [5.74, 6) is -1.18. The number of aromatic nitrogens is 1. The molecule has 0 saturated heterocycles. The highest BCUT2D eigenvalue weighted by molar-refractivity contribution is 6.42. The van der Waals surface area contributed by atoms with E-state index in [2.05, 4.69) is 4.74 Å². The molecule has 1 heterocycles. The molecule has 0 aliphatic heterocycles. The molecule has 0 atom stereocenters. The van der Waals surface area contributed by atoms with Crippen LogP contribution in [0.5, 0.6) is 5.75 Å². The molecule has 3 aromatic carbocycles. The number of halogens is 4. The van der Waals surface area contributed by atoms with Crippen LogP contribution in [-0.2, 0) is 11.2 Å². The van der Waals surface area contributed by atoms with Gasteiger partial charge in [0.15, 0.2) is 12.4 Å². The number of esters is 1. The summed E-state index contributed by atoms with van der Waals surface area (Å²) >= 11 is 12.2. The zero-order chi connectivity index (χ0) is 26.8. The number of hydrogen-bond donors (Lipinski definition) is 0. The zero-order valence-corrected chi connectivity index (χ0v) is 21.2. The van der Waals surface area contributed by atoms with E-state index in [4.69, 9.17) is 32.9 Å². The van der Waals surface area contributed by atoms with Gasteiger partial charge in [-0.1, -0.05) is 47.5 Å². The van der Waals surface area contributed by atoms with E-state index in [1.54, 1.807) is 18.2 Å². The van der Waals surface area contributed by atoms with Crippen LogP contribution in [-0.4, -0.2) is 30.0 Å². The molecule has 0 fully saturated rings. The van der Waals surface area contributed by atoms with Crippen molar-refractivity contribution in [3.63, 3.8) is 0 Å². The highest BCUT2D eigenvalue weighted by Gasteiger charge is 2.28. The molecule has 1 aromatic heterocycles. The van der Waals surface area contributed by atoms with Gasteiger partial charge in [0.2, 0.25) is 0 Å². The number of allylic oxidation sites excluding steroid dienone is 1. The molecule has 1 aliphatic carbocycles. The minimum absolute atomic E-state index is 0.0721. The van der Waals surface area contributed by atoms with Crippen LogP contribution in [0.25, 0.3) is 22.6 Å². The monoisotopic (exact) mass is 553 g/mol. The fourth-order valence-electron chi connectivity index (χ4n) is 4.42. The standard InChI is InChI=1S/C29H19Cl2F2NO4/c30-22-12-5-16(14-23(22)31)13-18-8-11-21-26(20-3-1-2-4-24(20)34-27(18)21)28(36)37-15-25(35)17-6-9-19(10-7-17)38-29(32)33/h1-7,9-10,12-14,29H,8,11,15H2/b18-13+. The molecule has 0 radical (unpaired) electrons. The molecule has 5 nitrogen and oxygen atoms in total. The quantitative estimate of drug-likeness (QED) is 0.173. The molecule has 0 spiro atoms. The van der Waals surface area contributed by atoms with Crippen molar-refractivity contribution >= 4 is 57.5 Å². The smallest absolute Gasteiger partial charge is 0.387 e. The van der Waals surface area contributed by atoms with Gasteiger partial charge in [0.1, 0.15) is 5.75 Å². The summed E-state index contributed by atoms with van der Waals surface area (Å²) in [5, 5.41) is 1.53. The van der Waals surface area contributed by atoms with Gasteiger partial charge in [-0.2, -0.15) is 8.78 Å². The van der Waals surface area contributed by atoms with Crippen molar-refractivity contribution in [3.05, 3.63) is 105 Å². The van der Waals surface area contributed by atoms with Crippen molar-refractivity contribution in [2.24, 2.45) is 0 Å². The van der Waals surface area contributed by atoms with Crippen LogP contribution in [0.4, 0.5) is 8.78 Å². The van der Waals surface area contributed by atoms with Crippen LogP contribution < -0.4 is 4.74 Å². The Bertz CT molecular complexity index is 1590. The summed E-state index contributed by atoms with van der Waals surface area (Å²) in [6.45, 7) is -3.47. The average molecular weight is 554 g/mol. The van der Waals surface area contributed by atoms with Crippen molar-refractivity contribution in [2.45, 2.75) is 19.5 Å². The number of ether oxygens (including phenoxy) is 2. The fourth-order valence-corrected chi connectivity index (χ4v) is 4.73. The third-order valence-electron chi connectivity index (χ3n) is 6.17. The topological polar surface area (TPSA) is 65.5 Å². The predicted octanol–water partition coefficient (Wildman–Crippen LogP) is 7.67. The lowest BCUT2D eigenvalue weighted by Gasteiger charge is -2.12. The Kier molecular flexibility index (Phi) is 7.40. The molecule has 1 aliphatic rings. The molecule has 9 heteroatoms. The number of carbonyl (C=O) groups is 2. The Hall–Kier alpha value is -3.81. The average Bonchev–Trinajstić information content (AvgIpc) is 3.29. The number of fused-ring (bicyclic) bond motifs is 2. The first kappa shape index (κ1) is 25.8. The molecular weight excluding hydrogens is 535 g/mol. The van der Waals surface area contributed by atoms with Gasteiger partial charge < -0.3 is 9.47 Å². The van der Waals surface area contributed by atoms with Crippen molar-refractivity contribution in [1.29, 1.82) is 0 Å². The van der Waals surface area contributed by atoms with Crippen LogP contribution in [0, 0.1) is 0 Å². The van der Waals surface area contributed by atoms with Crippen molar-refractivity contribution in [2.75, 3.05) is 6.61 Å². The van der Waals surface area contributed by atoms with Crippen LogP contribution in [0.1, 0.15) is 44.0 Å². The second-order valence-electron chi connectivity index (χ2n) is 8.58. The molecule has 0 N–H and O–H groups in total. The molecule has 0 unspecified atom stereocenters. The Morgan fingerprint density at radius 1 is 0.974 bits per heavy atom. The number of hydrogen-bond acceptors (Lipinski definition) is 5. The number of Topliss-reactive ketones (excluding diaryl/α,β-unsaturated/α-hetero) is 1. The normalized spacial score (nSPS) is 13.7. The fraction of sp³-hybridized carbons (Fsp3) is 0.138. The van der Waals surface area contributed by atoms with Crippen LogP contribution in [0.15, 0.2) is 66.7 Å². The first-order chi connectivity index (χ1) is 18.3. The van der Waals surface area contributed by atoms with E-state index < -0.39 is 25.0 Å². The lowest BCUT2D eigenvalue weighted by molar-refractivity contribution is -0.0498. The minimum atomic E-state index is -2.96. The maximum absolute atomic E-state index is 13.3. The maximum atomic E-state index is 13.3. The summed E-state index contributed by atoms with van der Waals surface area (Å²) < 4.78 is 34.4. The summed E-state index contributed by atoms with van der Waals surface area (Å²) in [6.07, 6.45) is 3.20. The predicted molar refractivity (Wildman–Crippen MR) is 142 cm³/mol. The van der Waals surface area contributed by atoms with E-state index in [1.807, 2.05) is 30.3 Å². The lowest BCUT2D eigenvalue weighted by Crippen LogP contribution is -2.16. The molecule has 0 saturated carbocycles. The van der Waals surface area contributed by atoms with Gasteiger partial charge in [-0.15, -0.1) is 0 Å². The number of ketones is 1. The van der Waals surface area contributed by atoms with Crippen molar-refractivity contribution in [1.82, 2.24) is 4.98 Å². The number of pyridine rings is 1. The third kappa shape index (κ3) is 5.39. The van der Waals surface area contributed by atoms with Gasteiger partial charge in [-0.3, -0.25) is 4.79 Å². The number of benzene rings is 3. The molecule has 4 aromatic rings. The summed E-state index contributed by atoms with van der Waals surface area (Å²) in [6, 6.07) is 17.8. The lowest BCUT2D eigenvalue weighted by atomic mass is 10.0. The van der Waals surface area contributed by atoms with Crippen molar-refractivity contribution in [3.8, 4) is 5.75 Å². The van der Waals surface area contributed by atoms with Gasteiger partial charge in [0.05, 0.1) is 26.8 Å². The molecule has 0 amide bonds. The molecule has 192 valence electrons. The minimum Gasteiger partial charge on any atom is -0.454 e. The Morgan fingerprint density at radius 2 is 1.74 bits per heavy atom. The number of rotatable bonds is 7. The second-order valence-corrected chi connectivity index (χ2v) is 9.39. The van der Waals surface area contributed by atoms with E-state index >= 15 is 0 Å². The third-order valence-corrected chi connectivity index (χ3v) is 6.91. The Morgan fingerprint density at radius 3 is 2.47 bits per heavy atom. The van der Waals surface area contributed by atoms with Crippen molar-refractivity contribution < 1.29 is 27.8 Å². The van der Waals surface area contributed by atoms with E-state index in [0.717, 1.165) is 16.7 Å². The largest absolute Gasteiger partial charge is 0.454 e. The second kappa shape index (κ2) is 10.9. The van der Waals surface area contributed by atoms with Gasteiger partial charge in [-0.05, 0) is 78.1 Å². The highest BCUT2D eigenvalue weighted by Crippen LogP contribution is 2.38. The number of carbonyl (C=O) groups excluding carboxylic acids is 2. The summed E-state index contributed by atoms with van der Waals surface area (Å²) in [7, 11) is 0. The summed E-state index contributed by atoms with van der Waals surface area (Å²) in [4.78, 5) is 30.8. The molecule has 38 heavy (non-hydrogen) atoms. The molecular formula is C29H19Cl2F2NO4. The van der Waals surface area contributed by atoms with Gasteiger partial charge >= 0.3 is 12.6 Å². The first-order valence-corrected chi connectivity index (χ1v) is 12.4. The van der Waals surface area contributed by atoms with Gasteiger partial charge in [0, 0.05) is 10.9 Å². The molecule has 5 rings (SSSR count). The Labute approximate surface area is 226 Å². The van der Waals surface area contributed by atoms with Gasteiger partial charge in [0.25, 0.3) is 0 Å². The van der Waals surface area contributed by atoms with E-state index in [0.29, 0.717) is 45.0 Å². The van der Waals surface area contributed by atoms with E-state index in [-0.39, 0.29) is 11.3 Å². The Balaban J connectivity index is 1.42. The van der Waals surface area contributed by atoms with E-state index in [1.165, 1.54) is 24.3 Å². The number of para-hydroxylation sites is 1. The number of alkyl halides is 2. The summed E-state index contributed by atoms with van der Waals surface area (Å²) in [5.41, 5.74) is 4.45. The highest BCUT2D eigenvalue weighted by atomic mass is 35.5. The van der Waals surface area contributed by atoms with E-state index in [9.17, 15) is 18.4 Å².